The van der Waals surface area contributed by atoms with Crippen LogP contribution < -0.4 is 4.89 Å². The summed E-state index contributed by atoms with van der Waals surface area (Å²) in [6, 6.07) is 0. The summed E-state index contributed by atoms with van der Waals surface area (Å²) in [7, 11) is 1.34. The first-order chi connectivity index (χ1) is 23.1. The Hall–Kier alpha value is -1.30. The summed E-state index contributed by atoms with van der Waals surface area (Å²) in [5.41, 5.74) is 0. The summed E-state index contributed by atoms with van der Waals surface area (Å²) < 4.78 is 23.7. The minimum atomic E-state index is -4.57. The number of carbonyl (C=O) groups is 1. The Morgan fingerprint density at radius 2 is 1.04 bits per heavy atom. The number of likely N-dealkylation sites (N-methyl/N-ethyl adjacent to an activating group) is 1. The van der Waals surface area contributed by atoms with E-state index in [1.165, 1.54) is 89.9 Å². The third-order valence-corrected chi connectivity index (χ3v) is 9.46. The third kappa shape index (κ3) is 34.6. The molecule has 0 aromatic carbocycles. The number of allylic oxidation sites excluding steroid dienone is 8. The van der Waals surface area contributed by atoms with Crippen LogP contribution >= 0.6 is 7.82 Å². The normalized spacial score (nSPS) is 14.6. The first kappa shape index (κ1) is 46.7. The zero-order chi connectivity index (χ0) is 35.6. The second-order valence-corrected chi connectivity index (χ2v) is 15.7. The molecule has 0 fully saturated rings. The van der Waals surface area contributed by atoms with E-state index in [1.807, 2.05) is 21.1 Å². The number of phosphoric ester groups is 1. The molecule has 0 amide bonds. The van der Waals surface area contributed by atoms with Crippen LogP contribution in [0.5, 0.6) is 0 Å². The molecular weight excluding hydrogens is 617 g/mol. The molecule has 0 saturated heterocycles. The van der Waals surface area contributed by atoms with Gasteiger partial charge < -0.3 is 18.4 Å². The lowest BCUT2D eigenvalue weighted by atomic mass is 10.0. The van der Waals surface area contributed by atoms with E-state index >= 15 is 0 Å². The second-order valence-electron chi connectivity index (χ2n) is 14.4. The van der Waals surface area contributed by atoms with Crippen LogP contribution in [-0.2, 0) is 18.4 Å². The van der Waals surface area contributed by atoms with Gasteiger partial charge in [0.1, 0.15) is 19.3 Å². The number of carbonyl (C=O) groups excluding carboxylic acids is 1. The van der Waals surface area contributed by atoms with E-state index in [-0.39, 0.29) is 12.4 Å². The molecule has 0 aliphatic carbocycles. The lowest BCUT2D eigenvalue weighted by molar-refractivity contribution is -0.870. The fourth-order valence-corrected chi connectivity index (χ4v) is 6.25. The monoisotopic (exact) mass is 694 g/mol. The van der Waals surface area contributed by atoms with E-state index in [1.54, 1.807) is 0 Å². The van der Waals surface area contributed by atoms with Crippen molar-refractivity contribution in [1.29, 1.82) is 0 Å². The number of Topliss-reactive ketones (excluding diaryl/α,β-unsaturated/α-hetero) is 1. The lowest BCUT2D eigenvalue weighted by Gasteiger charge is -2.29. The number of unbranched alkanes of at least 4 members (excludes halogenated alkanes) is 16. The molecule has 0 spiro atoms. The zero-order valence-corrected chi connectivity index (χ0v) is 32.9. The molecule has 0 aliphatic rings. The summed E-state index contributed by atoms with van der Waals surface area (Å²) >= 11 is 0. The van der Waals surface area contributed by atoms with Gasteiger partial charge in [-0.25, -0.2) is 0 Å². The number of nitrogens with zero attached hydrogens (tertiary/aromatic N) is 1. The van der Waals surface area contributed by atoms with Gasteiger partial charge in [-0.2, -0.15) is 0 Å². The number of rotatable bonds is 35. The van der Waals surface area contributed by atoms with Crippen LogP contribution in [0.2, 0.25) is 0 Å². The minimum Gasteiger partial charge on any atom is -0.756 e. The Balaban J connectivity index is 4.45. The Labute approximate surface area is 297 Å². The van der Waals surface area contributed by atoms with E-state index in [4.69, 9.17) is 9.05 Å². The van der Waals surface area contributed by atoms with Crippen LogP contribution in [0.1, 0.15) is 168 Å². The lowest BCUT2D eigenvalue weighted by Crippen LogP contribution is -2.37. The number of hydrogen-bond donors (Lipinski definition) is 0. The summed E-state index contributed by atoms with van der Waals surface area (Å²) in [6.07, 6.45) is 42.7. The summed E-state index contributed by atoms with van der Waals surface area (Å²) in [5.74, 6) is -0.128. The van der Waals surface area contributed by atoms with Gasteiger partial charge in [-0.05, 0) is 57.8 Å². The smallest absolute Gasteiger partial charge is 0.268 e. The highest BCUT2D eigenvalue weighted by molar-refractivity contribution is 7.45. The maximum Gasteiger partial charge on any atom is 0.268 e. The van der Waals surface area contributed by atoms with Crippen LogP contribution in [0.3, 0.4) is 0 Å². The molecule has 6 nitrogen and oxygen atoms in total. The van der Waals surface area contributed by atoms with E-state index in [9.17, 15) is 14.3 Å². The van der Waals surface area contributed by atoms with Gasteiger partial charge >= 0.3 is 0 Å². The van der Waals surface area contributed by atoms with Crippen LogP contribution in [0.15, 0.2) is 48.6 Å². The van der Waals surface area contributed by atoms with Gasteiger partial charge in [0.2, 0.25) is 0 Å². The van der Waals surface area contributed by atoms with Crippen LogP contribution in [-0.4, -0.2) is 50.7 Å². The van der Waals surface area contributed by atoms with Crippen molar-refractivity contribution in [3.05, 3.63) is 48.6 Å². The fraction of sp³-hybridized carbons (Fsp3) is 0.780. The van der Waals surface area contributed by atoms with Gasteiger partial charge in [-0.1, -0.05) is 152 Å². The van der Waals surface area contributed by atoms with Crippen LogP contribution in [0.4, 0.5) is 0 Å². The van der Waals surface area contributed by atoms with Crippen LogP contribution in [0.25, 0.3) is 0 Å². The molecule has 0 aromatic rings. The second kappa shape index (κ2) is 32.9. The van der Waals surface area contributed by atoms with Crippen molar-refractivity contribution in [2.24, 2.45) is 0 Å². The fourth-order valence-electron chi connectivity index (χ4n) is 5.35. The Morgan fingerprint density at radius 3 is 1.52 bits per heavy atom. The highest BCUT2D eigenvalue weighted by atomic mass is 31.2. The summed E-state index contributed by atoms with van der Waals surface area (Å²) in [4.78, 5) is 25.7. The molecule has 2 atom stereocenters. The molecule has 0 bridgehead atoms. The third-order valence-electron chi connectivity index (χ3n) is 8.45. The largest absolute Gasteiger partial charge is 0.756 e. The van der Waals surface area contributed by atoms with E-state index in [2.05, 4.69) is 62.5 Å². The first-order valence-electron chi connectivity index (χ1n) is 19.7. The van der Waals surface area contributed by atoms with Crippen molar-refractivity contribution >= 4 is 13.6 Å². The molecule has 0 radical (unpaired) electrons. The zero-order valence-electron chi connectivity index (χ0n) is 32.0. The van der Waals surface area contributed by atoms with Crippen LogP contribution in [0, 0.1) is 0 Å². The van der Waals surface area contributed by atoms with E-state index in [0.29, 0.717) is 30.3 Å². The predicted octanol–water partition coefficient (Wildman–Crippen LogP) is 11.8. The minimum absolute atomic E-state index is 0.0340. The Bertz CT molecular complexity index is 905. The molecule has 0 aliphatic heterocycles. The van der Waals surface area contributed by atoms with Crippen molar-refractivity contribution in [3.63, 3.8) is 0 Å². The molecule has 0 saturated carbocycles. The molecule has 0 rings (SSSR count). The van der Waals surface area contributed by atoms with Crippen molar-refractivity contribution in [1.82, 2.24) is 0 Å². The standard InChI is InChI=1S/C41H76NO5P/c1-6-8-10-12-14-16-18-20-21-22-23-25-27-29-31-33-35-37-41(47-48(44,45)46-39-38-42(3,4)5)40(43)36-34-32-30-28-26-24-19-17-15-13-11-9-7-2/h14,16,20-21,23,25,29,31,41H,6-13,15,17-19,22,24,26-28,30,32-39H2,1-5H3/b16-14-,21-20-,25-23-,31-29-. The molecule has 0 N–H and O–H groups in total. The average Bonchev–Trinajstić information content (AvgIpc) is 3.03. The van der Waals surface area contributed by atoms with E-state index < -0.39 is 13.9 Å². The molecule has 280 valence electrons. The molecule has 0 heterocycles. The molecule has 7 heteroatoms. The first-order valence-corrected chi connectivity index (χ1v) is 21.1. The van der Waals surface area contributed by atoms with Gasteiger partial charge in [0.05, 0.1) is 21.1 Å². The Kier molecular flexibility index (Phi) is 32.0. The maximum atomic E-state index is 13.1. The number of ketones is 1. The molecule has 0 aromatic heterocycles. The van der Waals surface area contributed by atoms with Crippen molar-refractivity contribution in [3.8, 4) is 0 Å². The topological polar surface area (TPSA) is 75.7 Å². The highest BCUT2D eigenvalue weighted by Gasteiger charge is 2.25. The quantitative estimate of drug-likeness (QED) is 0.0286. The van der Waals surface area contributed by atoms with Crippen molar-refractivity contribution < 1.29 is 27.8 Å². The Morgan fingerprint density at radius 1 is 0.625 bits per heavy atom. The predicted molar refractivity (Wildman–Crippen MR) is 205 cm³/mol. The average molecular weight is 694 g/mol. The number of phosphoric acid groups is 1. The number of quaternary nitrogens is 1. The van der Waals surface area contributed by atoms with E-state index in [0.717, 1.165) is 44.9 Å². The van der Waals surface area contributed by atoms with Gasteiger partial charge in [0.25, 0.3) is 7.82 Å². The maximum absolute atomic E-state index is 13.1. The van der Waals surface area contributed by atoms with Gasteiger partial charge in [-0.3, -0.25) is 9.36 Å². The highest BCUT2D eigenvalue weighted by Crippen LogP contribution is 2.41. The van der Waals surface area contributed by atoms with Gasteiger partial charge in [0, 0.05) is 6.42 Å². The molecule has 48 heavy (non-hydrogen) atoms. The van der Waals surface area contributed by atoms with Gasteiger partial charge in [-0.15, -0.1) is 0 Å². The summed E-state index contributed by atoms with van der Waals surface area (Å²) in [6.45, 7) is 5.05. The summed E-state index contributed by atoms with van der Waals surface area (Å²) in [5, 5.41) is 0. The van der Waals surface area contributed by atoms with Crippen molar-refractivity contribution in [2.75, 3.05) is 34.3 Å². The number of hydrogen-bond acceptors (Lipinski definition) is 5. The van der Waals surface area contributed by atoms with Crippen molar-refractivity contribution in [2.45, 2.75) is 174 Å². The molecular formula is C41H76NO5P. The van der Waals surface area contributed by atoms with Gasteiger partial charge in [0.15, 0.2) is 5.78 Å². The SMILES string of the molecule is CCCCC/C=C\C/C=C\C/C=C\C/C=C\CCCC(OP(=O)([O-])OCC[N+](C)(C)C)C(=O)CCCCCCCCCCCCCCC. The molecule has 2 unspecified atom stereocenters.